The van der Waals surface area contributed by atoms with E-state index in [4.69, 9.17) is 23.2 Å². The quantitative estimate of drug-likeness (QED) is 0.221. The molecule has 0 heterocycles. The summed E-state index contributed by atoms with van der Waals surface area (Å²) in [6.45, 7) is 5.49. The number of unbranched alkanes of at least 4 members (excludes halogenated alkanes) is 1. The Labute approximate surface area is 254 Å². The number of aryl methyl sites for hydroxylation is 1. The lowest BCUT2D eigenvalue weighted by Crippen LogP contribution is -2.51. The van der Waals surface area contributed by atoms with Gasteiger partial charge in [0, 0.05) is 27.6 Å². The van der Waals surface area contributed by atoms with Gasteiger partial charge in [-0.25, -0.2) is 8.42 Å². The zero-order valence-electron chi connectivity index (χ0n) is 22.5. The summed E-state index contributed by atoms with van der Waals surface area (Å²) in [7, 11) is -4.22. The van der Waals surface area contributed by atoms with E-state index in [1.165, 1.54) is 35.2 Å². The molecule has 3 aromatic carbocycles. The van der Waals surface area contributed by atoms with Crippen molar-refractivity contribution in [3.63, 3.8) is 0 Å². The van der Waals surface area contributed by atoms with Gasteiger partial charge >= 0.3 is 0 Å². The van der Waals surface area contributed by atoms with E-state index in [1.807, 2.05) is 38.1 Å². The minimum atomic E-state index is -4.22. The largest absolute Gasteiger partial charge is 0.354 e. The summed E-state index contributed by atoms with van der Waals surface area (Å²) in [5, 5.41) is 3.30. The van der Waals surface area contributed by atoms with Crippen LogP contribution in [0.1, 0.15) is 37.8 Å². The first-order valence-corrected chi connectivity index (χ1v) is 15.8. The Kier molecular flexibility index (Phi) is 11.5. The number of nitrogens with one attached hydrogen (secondary N) is 1. The molecular formula is C29H32BrCl2N3O4S. The van der Waals surface area contributed by atoms with Gasteiger partial charge in [0.05, 0.1) is 10.6 Å². The SMILES string of the molecule is CCCCNC(=O)[C@H](C)N(Cc1cccc(Br)c1)C(=O)CN(c1cc(Cl)cc(Cl)c1)S(=O)(=O)c1ccc(C)cc1. The maximum Gasteiger partial charge on any atom is 0.264 e. The van der Waals surface area contributed by atoms with Crippen molar-refractivity contribution in [2.45, 2.75) is 51.1 Å². The van der Waals surface area contributed by atoms with E-state index >= 15 is 0 Å². The highest BCUT2D eigenvalue weighted by Gasteiger charge is 2.32. The van der Waals surface area contributed by atoms with Crippen LogP contribution in [0.5, 0.6) is 0 Å². The first kappa shape index (κ1) is 31.9. The summed E-state index contributed by atoms with van der Waals surface area (Å²) in [4.78, 5) is 28.4. The maximum absolute atomic E-state index is 14.0. The highest BCUT2D eigenvalue weighted by molar-refractivity contribution is 9.10. The third kappa shape index (κ3) is 8.46. The molecule has 0 aliphatic heterocycles. The van der Waals surface area contributed by atoms with Crippen molar-refractivity contribution in [2.75, 3.05) is 17.4 Å². The van der Waals surface area contributed by atoms with Crippen LogP contribution in [-0.2, 0) is 26.2 Å². The number of rotatable bonds is 12. The Morgan fingerprint density at radius 1 is 1.00 bits per heavy atom. The lowest BCUT2D eigenvalue weighted by molar-refractivity contribution is -0.139. The van der Waals surface area contributed by atoms with Gasteiger partial charge in [0.25, 0.3) is 10.0 Å². The molecule has 0 aromatic heterocycles. The van der Waals surface area contributed by atoms with Crippen molar-refractivity contribution in [1.82, 2.24) is 10.2 Å². The van der Waals surface area contributed by atoms with E-state index < -0.39 is 28.5 Å². The second-order valence-electron chi connectivity index (χ2n) is 9.42. The summed E-state index contributed by atoms with van der Waals surface area (Å²) in [6.07, 6.45) is 1.71. The zero-order valence-corrected chi connectivity index (χ0v) is 26.4. The van der Waals surface area contributed by atoms with Crippen LogP contribution in [0.2, 0.25) is 10.0 Å². The van der Waals surface area contributed by atoms with Crippen LogP contribution < -0.4 is 9.62 Å². The minimum absolute atomic E-state index is 0.00546. The number of hydrogen-bond donors (Lipinski definition) is 1. The van der Waals surface area contributed by atoms with Gasteiger partial charge in [-0.2, -0.15) is 0 Å². The number of hydrogen-bond acceptors (Lipinski definition) is 4. The lowest BCUT2D eigenvalue weighted by Gasteiger charge is -2.32. The first-order chi connectivity index (χ1) is 18.9. The molecule has 0 aliphatic rings. The van der Waals surface area contributed by atoms with E-state index in [9.17, 15) is 18.0 Å². The zero-order chi connectivity index (χ0) is 29.4. The Bertz CT molecular complexity index is 1430. The second kappa shape index (κ2) is 14.3. The van der Waals surface area contributed by atoms with Crippen molar-refractivity contribution in [3.05, 3.63) is 92.4 Å². The number of carbonyl (C=O) groups is 2. The normalized spacial score (nSPS) is 12.1. The summed E-state index contributed by atoms with van der Waals surface area (Å²) in [5.74, 6) is -0.888. The number of halogens is 3. The summed E-state index contributed by atoms with van der Waals surface area (Å²) >= 11 is 15.9. The molecule has 3 aromatic rings. The molecule has 0 spiro atoms. The molecule has 0 aliphatic carbocycles. The molecule has 214 valence electrons. The highest BCUT2D eigenvalue weighted by atomic mass is 79.9. The standard InChI is InChI=1S/C29H32BrCl2N3O4S/c1-4-5-13-33-29(37)21(3)34(18-22-7-6-8-23(30)14-22)28(36)19-35(26-16-24(31)15-25(32)17-26)40(38,39)27-11-9-20(2)10-12-27/h6-12,14-17,21H,4-5,13,18-19H2,1-3H3,(H,33,37)/t21-/m0/s1. The molecule has 0 fully saturated rings. The molecule has 1 atom stereocenters. The molecule has 7 nitrogen and oxygen atoms in total. The molecule has 2 amide bonds. The van der Waals surface area contributed by atoms with Crippen molar-refractivity contribution < 1.29 is 18.0 Å². The smallest absolute Gasteiger partial charge is 0.264 e. The summed E-state index contributed by atoms with van der Waals surface area (Å²) < 4.78 is 29.6. The Morgan fingerprint density at radius 3 is 2.25 bits per heavy atom. The second-order valence-corrected chi connectivity index (χ2v) is 13.1. The summed E-state index contributed by atoms with van der Waals surface area (Å²) in [6, 6.07) is 17.2. The van der Waals surface area contributed by atoms with Crippen molar-refractivity contribution >= 4 is 66.7 Å². The van der Waals surface area contributed by atoms with Gasteiger partial charge in [-0.15, -0.1) is 0 Å². The van der Waals surface area contributed by atoms with Crippen LogP contribution in [-0.4, -0.2) is 44.3 Å². The third-order valence-electron chi connectivity index (χ3n) is 6.26. The molecule has 0 bridgehead atoms. The number of amides is 2. The summed E-state index contributed by atoms with van der Waals surface area (Å²) in [5.41, 5.74) is 1.79. The number of benzene rings is 3. The van der Waals surface area contributed by atoms with Gasteiger partial charge in [0.15, 0.2) is 0 Å². The van der Waals surface area contributed by atoms with Gasteiger partial charge in [-0.3, -0.25) is 13.9 Å². The third-order valence-corrected chi connectivity index (χ3v) is 8.98. The molecule has 40 heavy (non-hydrogen) atoms. The average molecular weight is 669 g/mol. The number of anilines is 1. The van der Waals surface area contributed by atoms with E-state index in [0.29, 0.717) is 6.54 Å². The molecule has 0 saturated carbocycles. The Morgan fingerprint density at radius 2 is 1.65 bits per heavy atom. The van der Waals surface area contributed by atoms with E-state index in [-0.39, 0.29) is 33.1 Å². The fourth-order valence-electron chi connectivity index (χ4n) is 4.00. The van der Waals surface area contributed by atoms with Crippen molar-refractivity contribution in [3.8, 4) is 0 Å². The van der Waals surface area contributed by atoms with Crippen molar-refractivity contribution in [2.24, 2.45) is 0 Å². The average Bonchev–Trinajstić information content (AvgIpc) is 2.89. The highest BCUT2D eigenvalue weighted by Crippen LogP contribution is 2.30. The van der Waals surface area contributed by atoms with E-state index in [1.54, 1.807) is 19.1 Å². The molecule has 0 radical (unpaired) electrons. The molecule has 3 rings (SSSR count). The number of nitrogens with zero attached hydrogens (tertiary/aromatic N) is 2. The van der Waals surface area contributed by atoms with E-state index in [2.05, 4.69) is 21.2 Å². The van der Waals surface area contributed by atoms with Gasteiger partial charge in [0.1, 0.15) is 12.6 Å². The Hall–Kier alpha value is -2.59. The monoisotopic (exact) mass is 667 g/mol. The van der Waals surface area contributed by atoms with Gasteiger partial charge < -0.3 is 10.2 Å². The van der Waals surface area contributed by atoms with Crippen LogP contribution in [0.4, 0.5) is 5.69 Å². The molecule has 1 N–H and O–H groups in total. The topological polar surface area (TPSA) is 86.8 Å². The molecule has 0 unspecified atom stereocenters. The van der Waals surface area contributed by atoms with E-state index in [0.717, 1.165) is 32.7 Å². The van der Waals surface area contributed by atoms with Crippen LogP contribution >= 0.6 is 39.1 Å². The van der Waals surface area contributed by atoms with Gasteiger partial charge in [-0.1, -0.05) is 82.3 Å². The lowest BCUT2D eigenvalue weighted by atomic mass is 10.1. The van der Waals surface area contributed by atoms with Crippen LogP contribution in [0.25, 0.3) is 0 Å². The molecule has 0 saturated heterocycles. The minimum Gasteiger partial charge on any atom is -0.354 e. The van der Waals surface area contributed by atoms with Crippen molar-refractivity contribution in [1.29, 1.82) is 0 Å². The fraction of sp³-hybridized carbons (Fsp3) is 0.310. The fourth-order valence-corrected chi connectivity index (χ4v) is 6.36. The molecule has 11 heteroatoms. The van der Waals surface area contributed by atoms with Crippen LogP contribution in [0.15, 0.2) is 76.1 Å². The van der Waals surface area contributed by atoms with Gasteiger partial charge in [0.2, 0.25) is 11.8 Å². The number of sulfonamides is 1. The van der Waals surface area contributed by atoms with Crippen LogP contribution in [0, 0.1) is 6.92 Å². The molecular weight excluding hydrogens is 637 g/mol. The number of carbonyl (C=O) groups excluding carboxylic acids is 2. The maximum atomic E-state index is 14.0. The predicted molar refractivity (Wildman–Crippen MR) is 164 cm³/mol. The van der Waals surface area contributed by atoms with Crippen LogP contribution in [0.3, 0.4) is 0 Å². The predicted octanol–water partition coefficient (Wildman–Crippen LogP) is 6.59. The first-order valence-electron chi connectivity index (χ1n) is 12.8. The van der Waals surface area contributed by atoms with Gasteiger partial charge in [-0.05, 0) is 68.3 Å². The Balaban J connectivity index is 2.03.